The molecule has 0 aliphatic rings. The van der Waals surface area contributed by atoms with E-state index in [2.05, 4.69) is 28.0 Å². The molecule has 106 valence electrons. The van der Waals surface area contributed by atoms with Gasteiger partial charge >= 0.3 is 0 Å². The van der Waals surface area contributed by atoms with Crippen molar-refractivity contribution < 1.29 is 4.92 Å². The van der Waals surface area contributed by atoms with Gasteiger partial charge in [0, 0.05) is 11.8 Å². The molecule has 0 atom stereocenters. The van der Waals surface area contributed by atoms with Gasteiger partial charge in [0.2, 0.25) is 0 Å². The quantitative estimate of drug-likeness (QED) is 0.630. The molecule has 0 bridgehead atoms. The maximum atomic E-state index is 11.0. The molecule has 0 saturated heterocycles. The van der Waals surface area contributed by atoms with Gasteiger partial charge in [-0.2, -0.15) is 5.10 Å². The molecule has 0 radical (unpaired) electrons. The summed E-state index contributed by atoms with van der Waals surface area (Å²) in [5, 5.41) is 15.5. The molecule has 1 aromatic heterocycles. The number of rotatable bonds is 4. The summed E-state index contributed by atoms with van der Waals surface area (Å²) in [4.78, 5) is 10.6. The Bertz CT molecular complexity index is 665. The normalized spacial score (nSPS) is 10.8. The minimum Gasteiger partial charge on any atom is -0.265 e. The van der Waals surface area contributed by atoms with Crippen LogP contribution in [0.15, 0.2) is 22.7 Å². The second kappa shape index (κ2) is 5.75. The van der Waals surface area contributed by atoms with E-state index in [1.807, 2.05) is 24.6 Å². The van der Waals surface area contributed by atoms with Crippen molar-refractivity contribution in [2.75, 3.05) is 0 Å². The average Bonchev–Trinajstić information content (AvgIpc) is 2.66. The Morgan fingerprint density at radius 1 is 1.40 bits per heavy atom. The van der Waals surface area contributed by atoms with Gasteiger partial charge in [-0.3, -0.25) is 14.8 Å². The Labute approximate surface area is 125 Å². The van der Waals surface area contributed by atoms with Gasteiger partial charge in [-0.1, -0.05) is 19.1 Å². The molecule has 2 aromatic rings. The molecule has 6 heteroatoms. The van der Waals surface area contributed by atoms with Crippen LogP contribution in [0.5, 0.6) is 0 Å². The van der Waals surface area contributed by atoms with Gasteiger partial charge in [0.25, 0.3) is 5.69 Å². The Kier molecular flexibility index (Phi) is 4.23. The van der Waals surface area contributed by atoms with Crippen molar-refractivity contribution in [1.82, 2.24) is 9.78 Å². The van der Waals surface area contributed by atoms with Crippen LogP contribution >= 0.6 is 15.9 Å². The molecule has 5 nitrogen and oxygen atoms in total. The number of halogens is 1. The summed E-state index contributed by atoms with van der Waals surface area (Å²) in [6, 6.07) is 5.07. The molecule has 2 rings (SSSR count). The summed E-state index contributed by atoms with van der Waals surface area (Å²) in [5.74, 6) is 0. The number of aryl methyl sites for hydroxylation is 1. The van der Waals surface area contributed by atoms with Gasteiger partial charge in [-0.15, -0.1) is 0 Å². The van der Waals surface area contributed by atoms with Crippen molar-refractivity contribution in [1.29, 1.82) is 0 Å². The Balaban J connectivity index is 2.41. The van der Waals surface area contributed by atoms with Crippen molar-refractivity contribution in [3.63, 3.8) is 0 Å². The molecule has 0 spiro atoms. The fourth-order valence-electron chi connectivity index (χ4n) is 2.39. The molecule has 0 amide bonds. The van der Waals surface area contributed by atoms with Crippen molar-refractivity contribution in [3.8, 4) is 0 Å². The zero-order valence-corrected chi connectivity index (χ0v) is 13.3. The van der Waals surface area contributed by atoms with Crippen LogP contribution < -0.4 is 0 Å². The predicted octanol–water partition coefficient (Wildman–Crippen LogP) is 3.78. The SMILES string of the molecule is CCc1c(C)nn(Cc2cccc([N+](=O)[O-])c2Br)c1C. The third-order valence-corrected chi connectivity index (χ3v) is 4.38. The van der Waals surface area contributed by atoms with E-state index in [1.165, 1.54) is 11.6 Å². The second-order valence-electron chi connectivity index (χ2n) is 4.67. The highest BCUT2D eigenvalue weighted by Crippen LogP contribution is 2.29. The Hall–Kier alpha value is -1.69. The second-order valence-corrected chi connectivity index (χ2v) is 5.46. The van der Waals surface area contributed by atoms with Crippen molar-refractivity contribution in [2.24, 2.45) is 0 Å². The van der Waals surface area contributed by atoms with E-state index in [1.54, 1.807) is 6.07 Å². The number of hydrogen-bond acceptors (Lipinski definition) is 3. The number of nitro benzene ring substituents is 1. The summed E-state index contributed by atoms with van der Waals surface area (Å²) in [7, 11) is 0. The molecule has 1 aromatic carbocycles. The highest BCUT2D eigenvalue weighted by molar-refractivity contribution is 9.10. The van der Waals surface area contributed by atoms with Crippen LogP contribution in [0.4, 0.5) is 5.69 Å². The summed E-state index contributed by atoms with van der Waals surface area (Å²) < 4.78 is 2.42. The van der Waals surface area contributed by atoms with E-state index in [0.717, 1.165) is 23.4 Å². The topological polar surface area (TPSA) is 61.0 Å². The van der Waals surface area contributed by atoms with Gasteiger partial charge < -0.3 is 0 Å². The van der Waals surface area contributed by atoms with Crippen LogP contribution in [0.3, 0.4) is 0 Å². The lowest BCUT2D eigenvalue weighted by Gasteiger charge is -2.07. The summed E-state index contributed by atoms with van der Waals surface area (Å²) in [5.41, 5.74) is 4.31. The monoisotopic (exact) mass is 337 g/mol. The van der Waals surface area contributed by atoms with Crippen LogP contribution in [0.25, 0.3) is 0 Å². The lowest BCUT2D eigenvalue weighted by Crippen LogP contribution is -2.06. The minimum absolute atomic E-state index is 0.0831. The van der Waals surface area contributed by atoms with Crippen molar-refractivity contribution in [2.45, 2.75) is 33.7 Å². The third-order valence-electron chi connectivity index (χ3n) is 3.46. The van der Waals surface area contributed by atoms with E-state index < -0.39 is 0 Å². The van der Waals surface area contributed by atoms with E-state index in [4.69, 9.17) is 0 Å². The van der Waals surface area contributed by atoms with Crippen LogP contribution in [0.1, 0.15) is 29.4 Å². The first-order valence-corrected chi connectivity index (χ1v) is 7.19. The fraction of sp³-hybridized carbons (Fsp3) is 0.357. The number of benzene rings is 1. The zero-order chi connectivity index (χ0) is 14.9. The molecule has 0 saturated carbocycles. The van der Waals surface area contributed by atoms with Gasteiger partial charge in [0.15, 0.2) is 0 Å². The van der Waals surface area contributed by atoms with E-state index in [0.29, 0.717) is 11.0 Å². The van der Waals surface area contributed by atoms with Crippen molar-refractivity contribution >= 4 is 21.6 Å². The lowest BCUT2D eigenvalue weighted by atomic mass is 10.1. The smallest absolute Gasteiger partial charge is 0.265 e. The van der Waals surface area contributed by atoms with Crippen LogP contribution in [-0.2, 0) is 13.0 Å². The van der Waals surface area contributed by atoms with Crippen LogP contribution in [-0.4, -0.2) is 14.7 Å². The molecular formula is C14H16BrN3O2. The molecule has 0 fully saturated rings. The zero-order valence-electron chi connectivity index (χ0n) is 11.7. The van der Waals surface area contributed by atoms with Crippen LogP contribution in [0.2, 0.25) is 0 Å². The molecule has 0 aliphatic carbocycles. The van der Waals surface area contributed by atoms with E-state index >= 15 is 0 Å². The molecule has 0 unspecified atom stereocenters. The predicted molar refractivity (Wildman–Crippen MR) is 81.0 cm³/mol. The first-order valence-electron chi connectivity index (χ1n) is 6.40. The minimum atomic E-state index is -0.383. The number of nitrogens with zero attached hydrogens (tertiary/aromatic N) is 3. The Morgan fingerprint density at radius 3 is 2.65 bits per heavy atom. The highest BCUT2D eigenvalue weighted by Gasteiger charge is 2.17. The molecule has 0 N–H and O–H groups in total. The highest BCUT2D eigenvalue weighted by atomic mass is 79.9. The molecular weight excluding hydrogens is 322 g/mol. The van der Waals surface area contributed by atoms with Gasteiger partial charge in [-0.05, 0) is 47.3 Å². The number of nitro groups is 1. The Morgan fingerprint density at radius 2 is 2.10 bits per heavy atom. The fourth-order valence-corrected chi connectivity index (χ4v) is 2.92. The standard InChI is InChI=1S/C14H16BrN3O2/c1-4-12-9(2)16-17(10(12)3)8-11-6-5-7-13(14(11)15)18(19)20/h5-7H,4,8H2,1-3H3. The van der Waals surface area contributed by atoms with E-state index in [9.17, 15) is 10.1 Å². The lowest BCUT2D eigenvalue weighted by molar-refractivity contribution is -0.385. The first kappa shape index (κ1) is 14.7. The summed E-state index contributed by atoms with van der Waals surface area (Å²) in [6.07, 6.45) is 0.938. The maximum absolute atomic E-state index is 11.0. The average molecular weight is 338 g/mol. The molecule has 0 aliphatic heterocycles. The first-order chi connectivity index (χ1) is 9.45. The molecule has 20 heavy (non-hydrogen) atoms. The van der Waals surface area contributed by atoms with Gasteiger partial charge in [-0.25, -0.2) is 0 Å². The third kappa shape index (κ3) is 2.60. The van der Waals surface area contributed by atoms with Gasteiger partial charge in [0.1, 0.15) is 4.47 Å². The number of aromatic nitrogens is 2. The molecule has 1 heterocycles. The van der Waals surface area contributed by atoms with Gasteiger partial charge in [0.05, 0.1) is 17.2 Å². The summed E-state index contributed by atoms with van der Waals surface area (Å²) >= 11 is 3.32. The van der Waals surface area contributed by atoms with Crippen molar-refractivity contribution in [3.05, 3.63) is 55.3 Å². The number of hydrogen-bond donors (Lipinski definition) is 0. The largest absolute Gasteiger partial charge is 0.283 e. The van der Waals surface area contributed by atoms with E-state index in [-0.39, 0.29) is 10.6 Å². The summed E-state index contributed by atoms with van der Waals surface area (Å²) in [6.45, 7) is 6.65. The van der Waals surface area contributed by atoms with Crippen LogP contribution in [0, 0.1) is 24.0 Å². The maximum Gasteiger partial charge on any atom is 0.283 e.